The van der Waals surface area contributed by atoms with E-state index in [1.165, 1.54) is 0 Å². The first-order valence-electron chi connectivity index (χ1n) is 22.6. The zero-order chi connectivity index (χ0) is 45.6. The van der Waals surface area contributed by atoms with Crippen molar-refractivity contribution in [3.63, 3.8) is 0 Å². The van der Waals surface area contributed by atoms with E-state index >= 15 is 0 Å². The van der Waals surface area contributed by atoms with E-state index in [1.54, 1.807) is 35.8 Å². The molecule has 0 radical (unpaired) electrons. The Morgan fingerprint density at radius 3 is 1.98 bits per heavy atom. The Hall–Kier alpha value is -6.42. The van der Waals surface area contributed by atoms with Crippen LogP contribution in [0.15, 0.2) is 170 Å². The fourth-order valence-corrected chi connectivity index (χ4v) is 7.12. The number of aryl methyl sites for hydroxylation is 2. The fourth-order valence-electron chi connectivity index (χ4n) is 7.12. The molecular formula is C50H35N4OPt-3. The van der Waals surface area contributed by atoms with Gasteiger partial charge in [-0.1, -0.05) is 114 Å². The molecule has 1 aliphatic rings. The summed E-state index contributed by atoms with van der Waals surface area (Å²) in [6, 6.07) is 33.5. The summed E-state index contributed by atoms with van der Waals surface area (Å²) in [6.07, 6.45) is 1.87. The third kappa shape index (κ3) is 6.15. The van der Waals surface area contributed by atoms with E-state index in [-0.39, 0.29) is 49.0 Å². The van der Waals surface area contributed by atoms with Crippen molar-refractivity contribution < 1.29 is 39.5 Å². The molecule has 2 aromatic heterocycles. The van der Waals surface area contributed by atoms with Crippen molar-refractivity contribution in [2.75, 3.05) is 9.80 Å². The van der Waals surface area contributed by atoms with Gasteiger partial charge in [0.25, 0.3) is 0 Å². The van der Waals surface area contributed by atoms with Gasteiger partial charge in [-0.3, -0.25) is 0 Å². The van der Waals surface area contributed by atoms with Crippen LogP contribution in [0.3, 0.4) is 0 Å². The Morgan fingerprint density at radius 1 is 0.625 bits per heavy atom. The van der Waals surface area contributed by atoms with Crippen molar-refractivity contribution in [1.29, 1.82) is 0 Å². The first kappa shape index (κ1) is 25.6. The Morgan fingerprint density at radius 2 is 1.27 bits per heavy atom. The molecule has 274 valence electrons. The normalized spacial score (nSPS) is 14.7. The molecule has 0 unspecified atom stereocenters. The van der Waals surface area contributed by atoms with Crippen LogP contribution in [-0.2, 0) is 21.1 Å². The van der Waals surface area contributed by atoms with E-state index in [4.69, 9.17) is 23.4 Å². The maximum absolute atomic E-state index is 8.98. The minimum Gasteiger partial charge on any atom is -0.509 e. The number of para-hydroxylation sites is 4. The number of aromatic nitrogens is 2. The third-order valence-electron chi connectivity index (χ3n) is 9.82. The predicted molar refractivity (Wildman–Crippen MR) is 225 cm³/mol. The van der Waals surface area contributed by atoms with Crippen LogP contribution in [0.1, 0.15) is 24.8 Å². The zero-order valence-corrected chi connectivity index (χ0v) is 32.3. The summed E-state index contributed by atoms with van der Waals surface area (Å²) in [4.78, 5) is 8.37. The van der Waals surface area contributed by atoms with Crippen LogP contribution in [0.4, 0.5) is 22.7 Å². The molecule has 7 aromatic carbocycles. The van der Waals surface area contributed by atoms with Gasteiger partial charge in [-0.25, -0.2) is 4.98 Å². The van der Waals surface area contributed by atoms with Gasteiger partial charge in [-0.05, 0) is 65.8 Å². The Labute approximate surface area is 355 Å². The molecule has 56 heavy (non-hydrogen) atoms. The van der Waals surface area contributed by atoms with E-state index in [1.807, 2.05) is 78.7 Å². The Kier molecular flexibility index (Phi) is 6.71. The number of nitrogens with zero attached hydrogens (tertiary/aromatic N) is 4. The molecule has 3 heterocycles. The standard InChI is InChI=1S/C50H35N4O.Pt/c1-34-29-49(51-32-35(34)2)54-45-24-10-9-21-43(45)44-28-27-40(31-48(44)54)55-39-20-13-19-38(30-39)52-33-53(47-26-12-11-25-46(47)52)50-41(36-15-5-3-6-16-36)22-14-23-42(50)37-17-7-4-8-18-37;/h3-29,32-33H,1-2H3;/q-3;/i3D,4D,5D,6D,7D,8D,15D,16D,17D,18D;. The smallest absolute Gasteiger partial charge is 0.135 e. The van der Waals surface area contributed by atoms with Crippen LogP contribution < -0.4 is 14.5 Å². The number of ether oxygens (including phenoxy) is 1. The molecule has 1 aliphatic heterocycles. The van der Waals surface area contributed by atoms with Crippen LogP contribution in [0.2, 0.25) is 0 Å². The molecule has 0 spiro atoms. The maximum Gasteiger partial charge on any atom is 0.135 e. The van der Waals surface area contributed by atoms with Gasteiger partial charge in [0.2, 0.25) is 0 Å². The summed E-state index contributed by atoms with van der Waals surface area (Å²) in [6.45, 7) is 5.83. The number of rotatable bonds is 7. The van der Waals surface area contributed by atoms with Crippen molar-refractivity contribution in [3.8, 4) is 39.6 Å². The second-order valence-corrected chi connectivity index (χ2v) is 13.1. The van der Waals surface area contributed by atoms with Crippen molar-refractivity contribution in [2.24, 2.45) is 0 Å². The molecule has 5 nitrogen and oxygen atoms in total. The monoisotopic (exact) mass is 912 g/mol. The van der Waals surface area contributed by atoms with Crippen LogP contribution in [0.25, 0.3) is 49.9 Å². The van der Waals surface area contributed by atoms with Crippen LogP contribution in [0.5, 0.6) is 11.5 Å². The second kappa shape index (κ2) is 14.7. The average molecular weight is 913 g/mol. The fraction of sp³-hybridized carbons (Fsp3) is 0.0400. The van der Waals surface area contributed by atoms with Crippen molar-refractivity contribution >= 4 is 44.6 Å². The maximum atomic E-state index is 8.98. The minimum absolute atomic E-state index is 0. The summed E-state index contributed by atoms with van der Waals surface area (Å²) < 4.78 is 95.2. The average Bonchev–Trinajstić information content (AvgIpc) is 3.86. The van der Waals surface area contributed by atoms with Gasteiger partial charge in [-0.2, -0.15) is 12.1 Å². The Bertz CT molecular complexity index is 3320. The van der Waals surface area contributed by atoms with E-state index in [2.05, 4.69) is 41.8 Å². The first-order valence-corrected chi connectivity index (χ1v) is 17.6. The number of anilines is 4. The summed E-state index contributed by atoms with van der Waals surface area (Å²) in [5, 5.41) is 2.04. The number of hydrogen-bond acceptors (Lipinski definition) is 4. The van der Waals surface area contributed by atoms with Crippen molar-refractivity contribution in [2.45, 2.75) is 13.8 Å². The number of fused-ring (bicyclic) bond motifs is 4. The van der Waals surface area contributed by atoms with Gasteiger partial charge in [-0.15, -0.1) is 48.1 Å². The van der Waals surface area contributed by atoms with Crippen molar-refractivity contribution in [1.82, 2.24) is 9.55 Å². The largest absolute Gasteiger partial charge is 0.509 e. The van der Waals surface area contributed by atoms with Gasteiger partial charge < -0.3 is 19.1 Å². The molecule has 0 fully saturated rings. The quantitative estimate of drug-likeness (QED) is 0.149. The molecule has 0 N–H and O–H groups in total. The second-order valence-electron chi connectivity index (χ2n) is 13.1. The van der Waals surface area contributed by atoms with E-state index in [0.717, 1.165) is 38.8 Å². The van der Waals surface area contributed by atoms with Gasteiger partial charge in [0.15, 0.2) is 0 Å². The van der Waals surface area contributed by atoms with Gasteiger partial charge in [0.05, 0.1) is 13.7 Å². The van der Waals surface area contributed by atoms with Gasteiger partial charge in [0, 0.05) is 72.5 Å². The summed E-state index contributed by atoms with van der Waals surface area (Å²) in [5.41, 5.74) is 6.14. The minimum atomic E-state index is -0.563. The van der Waals surface area contributed by atoms with Gasteiger partial charge in [0.1, 0.15) is 5.82 Å². The molecule has 0 atom stereocenters. The summed E-state index contributed by atoms with van der Waals surface area (Å²) in [5.74, 6) is 1.59. The van der Waals surface area contributed by atoms with Gasteiger partial charge >= 0.3 is 0 Å². The van der Waals surface area contributed by atoms with Crippen LogP contribution >= 0.6 is 0 Å². The van der Waals surface area contributed by atoms with E-state index in [0.29, 0.717) is 28.6 Å². The molecule has 0 amide bonds. The summed E-state index contributed by atoms with van der Waals surface area (Å²) in [7, 11) is 0. The predicted octanol–water partition coefficient (Wildman–Crippen LogP) is 12.9. The molecule has 0 saturated heterocycles. The number of pyridine rings is 1. The van der Waals surface area contributed by atoms with E-state index in [9.17, 15) is 0 Å². The summed E-state index contributed by atoms with van der Waals surface area (Å²) >= 11 is 0. The van der Waals surface area contributed by atoms with Crippen LogP contribution in [0, 0.1) is 32.6 Å². The van der Waals surface area contributed by atoms with Crippen LogP contribution in [-0.4, -0.2) is 9.55 Å². The molecular weight excluding hydrogens is 868 g/mol. The third-order valence-corrected chi connectivity index (χ3v) is 9.82. The topological polar surface area (TPSA) is 33.5 Å². The zero-order valence-electron chi connectivity index (χ0n) is 40.0. The SMILES string of the molecule is [2H]c1c([2H])c([2H])c(-c2cccc(-c3c([2H])c([2H])c([2H])c([2H])c3[2H])c2N2[CH-]N(c3[c-]c(Oc4[c-]c5c(cc4)c4ccccc4n5-c4cc(C)c(C)cn4)ccc3)c3ccccc32)c([2H])c1[2H].[Pt]. The molecule has 0 saturated carbocycles. The molecule has 6 heteroatoms. The van der Waals surface area contributed by atoms with E-state index < -0.39 is 60.4 Å². The first-order chi connectivity index (χ1) is 31.2. The molecule has 10 rings (SSSR count). The molecule has 9 aromatic rings. The molecule has 0 aliphatic carbocycles. The number of benzene rings is 7. The van der Waals surface area contributed by atoms with Crippen molar-refractivity contribution in [3.05, 3.63) is 200 Å². The molecule has 0 bridgehead atoms. The number of hydrogen-bond donors (Lipinski definition) is 0. The Balaban J connectivity index is 0.00000548.